The fourth-order valence-electron chi connectivity index (χ4n) is 3.25. The fourth-order valence-corrected chi connectivity index (χ4v) is 4.23. The number of anilines is 2. The Kier molecular flexibility index (Phi) is 6.57. The summed E-state index contributed by atoms with van der Waals surface area (Å²) in [4.78, 5) is 14.9. The van der Waals surface area contributed by atoms with E-state index in [-0.39, 0.29) is 22.9 Å². The zero-order valence-electron chi connectivity index (χ0n) is 16.4. The number of nitrogens with zero attached hydrogens (tertiary/aromatic N) is 1. The van der Waals surface area contributed by atoms with Crippen LogP contribution >= 0.6 is 0 Å². The number of sulfonamides is 1. The Morgan fingerprint density at radius 2 is 1.86 bits per heavy atom. The molecule has 0 aliphatic carbocycles. The van der Waals surface area contributed by atoms with Gasteiger partial charge in [0.05, 0.1) is 11.4 Å². The van der Waals surface area contributed by atoms with Crippen molar-refractivity contribution in [1.82, 2.24) is 4.72 Å². The Labute approximate surface area is 172 Å². The standard InChI is InChI=1S/C22H25N3O3S/c1-3-13-23-29(27,28)21-6-4-5-18(16-21)22(26)24-19-7-9-20(10-8-19)25-14-11-17(2)12-15-25/h1,4-10,16-17,23H,11-15H2,2H3,(H,24,26). The van der Waals surface area contributed by atoms with Crippen LogP contribution in [0, 0.1) is 18.3 Å². The van der Waals surface area contributed by atoms with Crippen LogP contribution < -0.4 is 14.9 Å². The molecule has 0 atom stereocenters. The first kappa shape index (κ1) is 20.9. The second-order valence-corrected chi connectivity index (χ2v) is 8.99. The maximum absolute atomic E-state index is 12.6. The van der Waals surface area contributed by atoms with Crippen LogP contribution in [0.1, 0.15) is 30.1 Å². The summed E-state index contributed by atoms with van der Waals surface area (Å²) in [5, 5.41) is 2.81. The highest BCUT2D eigenvalue weighted by molar-refractivity contribution is 7.89. The molecule has 1 saturated heterocycles. The molecule has 0 radical (unpaired) electrons. The molecule has 0 spiro atoms. The molecule has 1 aliphatic rings. The van der Waals surface area contributed by atoms with Gasteiger partial charge in [0.2, 0.25) is 10.0 Å². The molecule has 6 nitrogen and oxygen atoms in total. The molecule has 152 valence electrons. The average Bonchev–Trinajstić information content (AvgIpc) is 2.73. The molecule has 1 aliphatic heterocycles. The van der Waals surface area contributed by atoms with Crippen LogP contribution in [0.2, 0.25) is 0 Å². The highest BCUT2D eigenvalue weighted by Crippen LogP contribution is 2.24. The SMILES string of the molecule is C#CCNS(=O)(=O)c1cccc(C(=O)Nc2ccc(N3CCC(C)CC3)cc2)c1. The zero-order valence-corrected chi connectivity index (χ0v) is 17.2. The minimum Gasteiger partial charge on any atom is -0.372 e. The molecule has 1 heterocycles. The van der Waals surface area contributed by atoms with Crippen LogP contribution in [0.15, 0.2) is 53.4 Å². The minimum atomic E-state index is -3.75. The lowest BCUT2D eigenvalue weighted by molar-refractivity contribution is 0.102. The molecule has 0 saturated carbocycles. The van der Waals surface area contributed by atoms with Crippen molar-refractivity contribution in [3.63, 3.8) is 0 Å². The van der Waals surface area contributed by atoms with E-state index in [9.17, 15) is 13.2 Å². The maximum Gasteiger partial charge on any atom is 0.255 e. The van der Waals surface area contributed by atoms with Crippen LogP contribution in [-0.4, -0.2) is 34.0 Å². The van der Waals surface area contributed by atoms with Gasteiger partial charge in [-0.25, -0.2) is 8.42 Å². The first-order chi connectivity index (χ1) is 13.9. The number of piperidine rings is 1. The lowest BCUT2D eigenvalue weighted by Gasteiger charge is -2.32. The molecule has 1 fully saturated rings. The molecule has 2 aromatic rings. The molecule has 2 aromatic carbocycles. The van der Waals surface area contributed by atoms with Gasteiger partial charge >= 0.3 is 0 Å². The number of terminal acetylenes is 1. The predicted octanol–water partition coefficient (Wildman–Crippen LogP) is 3.09. The first-order valence-corrected chi connectivity index (χ1v) is 11.1. The van der Waals surface area contributed by atoms with Crippen molar-refractivity contribution in [2.45, 2.75) is 24.7 Å². The number of nitrogens with one attached hydrogen (secondary N) is 2. The highest BCUT2D eigenvalue weighted by atomic mass is 32.2. The van der Waals surface area contributed by atoms with Crippen molar-refractivity contribution in [1.29, 1.82) is 0 Å². The summed E-state index contributed by atoms with van der Waals surface area (Å²) >= 11 is 0. The summed E-state index contributed by atoms with van der Waals surface area (Å²) in [5.74, 6) is 2.61. The van der Waals surface area contributed by atoms with E-state index >= 15 is 0 Å². The van der Waals surface area contributed by atoms with E-state index in [1.165, 1.54) is 31.0 Å². The van der Waals surface area contributed by atoms with Gasteiger partial charge in [-0.15, -0.1) is 6.42 Å². The summed E-state index contributed by atoms with van der Waals surface area (Å²) in [5.41, 5.74) is 2.05. The Balaban J connectivity index is 1.67. The third-order valence-electron chi connectivity index (χ3n) is 5.04. The van der Waals surface area contributed by atoms with Crippen molar-refractivity contribution in [3.05, 3.63) is 54.1 Å². The number of rotatable bonds is 6. The summed E-state index contributed by atoms with van der Waals surface area (Å²) in [7, 11) is -3.75. The van der Waals surface area contributed by atoms with Crippen LogP contribution in [0.4, 0.5) is 11.4 Å². The van der Waals surface area contributed by atoms with Crippen LogP contribution in [-0.2, 0) is 10.0 Å². The van der Waals surface area contributed by atoms with E-state index in [0.717, 1.165) is 24.7 Å². The molecular weight excluding hydrogens is 386 g/mol. The second kappa shape index (κ2) is 9.12. The van der Waals surface area contributed by atoms with Crippen LogP contribution in [0.25, 0.3) is 0 Å². The molecule has 0 aromatic heterocycles. The zero-order chi connectivity index (χ0) is 20.9. The lowest BCUT2D eigenvalue weighted by atomic mass is 9.99. The Hall–Kier alpha value is -2.82. The Morgan fingerprint density at radius 3 is 2.52 bits per heavy atom. The van der Waals surface area contributed by atoms with Crippen molar-refractivity contribution in [2.75, 3.05) is 29.9 Å². The molecule has 2 N–H and O–H groups in total. The molecule has 29 heavy (non-hydrogen) atoms. The van der Waals surface area contributed by atoms with Gasteiger partial charge in [0, 0.05) is 30.0 Å². The monoisotopic (exact) mass is 411 g/mol. The van der Waals surface area contributed by atoms with Gasteiger partial charge in [0.15, 0.2) is 0 Å². The largest absolute Gasteiger partial charge is 0.372 e. The van der Waals surface area contributed by atoms with Gasteiger partial charge in [-0.05, 0) is 61.2 Å². The Bertz CT molecular complexity index is 1000. The number of carbonyl (C=O) groups excluding carboxylic acids is 1. The third kappa shape index (κ3) is 5.37. The molecule has 3 rings (SSSR count). The number of carbonyl (C=O) groups is 1. The van der Waals surface area contributed by atoms with Crippen molar-refractivity contribution < 1.29 is 13.2 Å². The van der Waals surface area contributed by atoms with E-state index in [2.05, 4.69) is 27.8 Å². The van der Waals surface area contributed by atoms with Gasteiger partial charge in [-0.2, -0.15) is 4.72 Å². The van der Waals surface area contributed by atoms with E-state index in [1.54, 1.807) is 6.07 Å². The molecule has 7 heteroatoms. The molecule has 0 bridgehead atoms. The first-order valence-electron chi connectivity index (χ1n) is 9.58. The van der Waals surface area contributed by atoms with Gasteiger partial charge in [0.25, 0.3) is 5.91 Å². The van der Waals surface area contributed by atoms with E-state index < -0.39 is 10.0 Å². The van der Waals surface area contributed by atoms with Crippen molar-refractivity contribution >= 4 is 27.3 Å². The predicted molar refractivity (Wildman–Crippen MR) is 115 cm³/mol. The van der Waals surface area contributed by atoms with E-state index in [1.807, 2.05) is 24.3 Å². The summed E-state index contributed by atoms with van der Waals surface area (Å²) < 4.78 is 26.7. The quantitative estimate of drug-likeness (QED) is 0.716. The van der Waals surface area contributed by atoms with Crippen LogP contribution in [0.5, 0.6) is 0 Å². The van der Waals surface area contributed by atoms with Gasteiger partial charge in [-0.1, -0.05) is 18.9 Å². The van der Waals surface area contributed by atoms with Gasteiger partial charge in [-0.3, -0.25) is 4.79 Å². The highest BCUT2D eigenvalue weighted by Gasteiger charge is 2.17. The number of amides is 1. The summed E-state index contributed by atoms with van der Waals surface area (Å²) in [6.07, 6.45) is 7.47. The van der Waals surface area contributed by atoms with E-state index in [4.69, 9.17) is 6.42 Å². The molecular formula is C22H25N3O3S. The van der Waals surface area contributed by atoms with E-state index in [0.29, 0.717) is 5.69 Å². The normalized spacial score (nSPS) is 15.0. The molecule has 1 amide bonds. The van der Waals surface area contributed by atoms with Gasteiger partial charge in [0.1, 0.15) is 0 Å². The topological polar surface area (TPSA) is 78.5 Å². The minimum absolute atomic E-state index is 0.00456. The third-order valence-corrected chi connectivity index (χ3v) is 6.44. The summed E-state index contributed by atoms with van der Waals surface area (Å²) in [6, 6.07) is 13.6. The number of benzene rings is 2. The average molecular weight is 412 g/mol. The van der Waals surface area contributed by atoms with Gasteiger partial charge < -0.3 is 10.2 Å². The van der Waals surface area contributed by atoms with Crippen molar-refractivity contribution in [2.24, 2.45) is 5.92 Å². The molecule has 0 unspecified atom stereocenters. The second-order valence-electron chi connectivity index (χ2n) is 7.23. The number of hydrogen-bond acceptors (Lipinski definition) is 4. The summed E-state index contributed by atoms with van der Waals surface area (Å²) in [6.45, 7) is 4.26. The Morgan fingerprint density at radius 1 is 1.17 bits per heavy atom. The van der Waals surface area contributed by atoms with Crippen LogP contribution in [0.3, 0.4) is 0 Å². The lowest BCUT2D eigenvalue weighted by Crippen LogP contribution is -2.32. The smallest absolute Gasteiger partial charge is 0.255 e. The number of hydrogen-bond donors (Lipinski definition) is 2. The fraction of sp³-hybridized carbons (Fsp3) is 0.318. The van der Waals surface area contributed by atoms with Crippen molar-refractivity contribution in [3.8, 4) is 12.3 Å². The maximum atomic E-state index is 12.6.